The fraction of sp³-hybridized carbons (Fsp3) is 0.214. The maximum absolute atomic E-state index is 15.1. The number of ether oxygens (including phenoxy) is 2. The number of carboxylic acid groups (broad SMARTS) is 1. The number of aromatic nitrogens is 1. The molecule has 0 bridgehead atoms. The number of aliphatic carboxylic acids is 1. The van der Waals surface area contributed by atoms with Crippen LogP contribution in [-0.2, 0) is 11.2 Å². The van der Waals surface area contributed by atoms with Gasteiger partial charge in [-0.1, -0.05) is 18.2 Å². The van der Waals surface area contributed by atoms with Crippen molar-refractivity contribution in [2.75, 3.05) is 6.61 Å². The van der Waals surface area contributed by atoms with Gasteiger partial charge in [0.2, 0.25) is 0 Å². The van der Waals surface area contributed by atoms with Gasteiger partial charge in [-0.25, -0.2) is 4.39 Å². The highest BCUT2D eigenvalue weighted by Crippen LogP contribution is 2.45. The summed E-state index contributed by atoms with van der Waals surface area (Å²) in [5, 5.41) is 9.11. The van der Waals surface area contributed by atoms with Crippen LogP contribution in [0.2, 0.25) is 0 Å². The summed E-state index contributed by atoms with van der Waals surface area (Å²) in [4.78, 5) is 15.7. The fourth-order valence-electron chi connectivity index (χ4n) is 5.17. The molecule has 1 aliphatic carbocycles. The Labute approximate surface area is 201 Å². The standard InChI is InChI=1S/C28H22FNO5/c29-23-7-5-20(22-2-1-10-30-28(22)16-9-11-33-14-16)21-6-8-24(27(21)23)35-18-3-4-19-17(12-26(31)32)15-34-25(19)13-18/h1-5,7,9-11,13-14,17,24H,6,8,12,15H2,(H,31,32). The van der Waals surface area contributed by atoms with Gasteiger partial charge in [-0.3, -0.25) is 9.78 Å². The Bertz CT molecular complexity index is 1420. The van der Waals surface area contributed by atoms with Gasteiger partial charge in [0.05, 0.1) is 31.2 Å². The van der Waals surface area contributed by atoms with Crippen molar-refractivity contribution >= 4 is 5.97 Å². The second-order valence-electron chi connectivity index (χ2n) is 8.85. The van der Waals surface area contributed by atoms with Crippen LogP contribution in [0, 0.1) is 5.82 Å². The van der Waals surface area contributed by atoms with E-state index in [0.717, 1.165) is 33.5 Å². The number of fused-ring (bicyclic) bond motifs is 2. The Hall–Kier alpha value is -4.13. The van der Waals surface area contributed by atoms with Crippen molar-refractivity contribution < 1.29 is 28.2 Å². The molecule has 35 heavy (non-hydrogen) atoms. The van der Waals surface area contributed by atoms with Gasteiger partial charge >= 0.3 is 5.97 Å². The summed E-state index contributed by atoms with van der Waals surface area (Å²) in [6.07, 6.45) is 5.90. The maximum atomic E-state index is 15.1. The Morgan fingerprint density at radius 2 is 2.09 bits per heavy atom. The zero-order valence-electron chi connectivity index (χ0n) is 18.7. The summed E-state index contributed by atoms with van der Waals surface area (Å²) in [6, 6.07) is 14.4. The number of nitrogens with zero attached hydrogens (tertiary/aromatic N) is 1. The molecule has 4 aromatic rings. The lowest BCUT2D eigenvalue weighted by atomic mass is 9.94. The molecule has 2 atom stereocenters. The maximum Gasteiger partial charge on any atom is 0.304 e. The first kappa shape index (κ1) is 21.4. The van der Waals surface area contributed by atoms with Gasteiger partial charge in [-0.2, -0.15) is 0 Å². The summed E-state index contributed by atoms with van der Waals surface area (Å²) >= 11 is 0. The molecule has 0 saturated heterocycles. The van der Waals surface area contributed by atoms with Crippen LogP contribution in [0.3, 0.4) is 0 Å². The molecule has 0 saturated carbocycles. The summed E-state index contributed by atoms with van der Waals surface area (Å²) in [5.41, 5.74) is 5.85. The number of hydrogen-bond donors (Lipinski definition) is 1. The van der Waals surface area contributed by atoms with Gasteiger partial charge in [0.25, 0.3) is 0 Å². The summed E-state index contributed by atoms with van der Waals surface area (Å²) in [7, 11) is 0. The van der Waals surface area contributed by atoms with Crippen LogP contribution in [0.25, 0.3) is 22.4 Å². The second-order valence-corrected chi connectivity index (χ2v) is 8.85. The molecular weight excluding hydrogens is 449 g/mol. The van der Waals surface area contributed by atoms with Crippen LogP contribution in [0.5, 0.6) is 11.5 Å². The Morgan fingerprint density at radius 1 is 1.17 bits per heavy atom. The third-order valence-corrected chi connectivity index (χ3v) is 6.74. The van der Waals surface area contributed by atoms with Crippen molar-refractivity contribution in [1.29, 1.82) is 0 Å². The molecule has 0 radical (unpaired) electrons. The van der Waals surface area contributed by atoms with Crippen molar-refractivity contribution in [2.24, 2.45) is 0 Å². The SMILES string of the molecule is O=C(O)CC1COc2cc(OC3CCc4c(-c5cccnc5-c5ccoc5)ccc(F)c43)ccc21. The molecule has 0 amide bonds. The van der Waals surface area contributed by atoms with E-state index in [2.05, 4.69) is 4.98 Å². The second kappa shape index (κ2) is 8.58. The molecule has 2 aromatic heterocycles. The summed E-state index contributed by atoms with van der Waals surface area (Å²) in [6.45, 7) is 0.333. The fourth-order valence-corrected chi connectivity index (χ4v) is 5.17. The smallest absolute Gasteiger partial charge is 0.304 e. The molecule has 7 heteroatoms. The van der Waals surface area contributed by atoms with E-state index < -0.39 is 12.1 Å². The molecule has 2 aromatic carbocycles. The molecule has 6 nitrogen and oxygen atoms in total. The van der Waals surface area contributed by atoms with E-state index in [-0.39, 0.29) is 18.2 Å². The molecule has 3 heterocycles. The normalized spacial score (nSPS) is 18.1. The van der Waals surface area contributed by atoms with Gasteiger partial charge in [0.15, 0.2) is 0 Å². The van der Waals surface area contributed by atoms with Crippen molar-refractivity contribution in [3.05, 3.63) is 89.8 Å². The van der Waals surface area contributed by atoms with E-state index in [1.807, 2.05) is 30.3 Å². The van der Waals surface area contributed by atoms with E-state index in [4.69, 9.17) is 19.0 Å². The van der Waals surface area contributed by atoms with Gasteiger partial charge in [0, 0.05) is 40.4 Å². The van der Waals surface area contributed by atoms with Crippen LogP contribution >= 0.6 is 0 Å². The number of rotatable bonds is 6. The third kappa shape index (κ3) is 3.83. The zero-order chi connectivity index (χ0) is 23.9. The van der Waals surface area contributed by atoms with Crippen molar-refractivity contribution in [3.8, 4) is 33.9 Å². The van der Waals surface area contributed by atoms with E-state index in [1.165, 1.54) is 6.07 Å². The highest BCUT2D eigenvalue weighted by atomic mass is 19.1. The predicted molar refractivity (Wildman–Crippen MR) is 126 cm³/mol. The lowest BCUT2D eigenvalue weighted by molar-refractivity contribution is -0.137. The zero-order valence-corrected chi connectivity index (χ0v) is 18.7. The van der Waals surface area contributed by atoms with Gasteiger partial charge in [-0.05, 0) is 48.2 Å². The quantitative estimate of drug-likeness (QED) is 0.362. The van der Waals surface area contributed by atoms with Crippen molar-refractivity contribution in [1.82, 2.24) is 4.98 Å². The number of furan rings is 1. The molecular formula is C28H22FNO5. The molecule has 6 rings (SSSR count). The molecule has 1 N–H and O–H groups in total. The van der Waals surface area contributed by atoms with Crippen molar-refractivity contribution in [2.45, 2.75) is 31.3 Å². The van der Waals surface area contributed by atoms with E-state index in [1.54, 1.807) is 30.9 Å². The number of hydrogen-bond acceptors (Lipinski definition) is 5. The van der Waals surface area contributed by atoms with Crippen LogP contribution in [0.1, 0.15) is 41.6 Å². The molecule has 0 fully saturated rings. The Balaban J connectivity index is 1.32. The number of carboxylic acids is 1. The van der Waals surface area contributed by atoms with Gasteiger partial charge < -0.3 is 19.0 Å². The number of carbonyl (C=O) groups is 1. The highest BCUT2D eigenvalue weighted by Gasteiger charge is 2.32. The number of benzene rings is 2. The predicted octanol–water partition coefficient (Wildman–Crippen LogP) is 6.16. The van der Waals surface area contributed by atoms with E-state index in [9.17, 15) is 4.79 Å². The first-order chi connectivity index (χ1) is 17.1. The first-order valence-corrected chi connectivity index (χ1v) is 11.5. The number of pyridine rings is 1. The average Bonchev–Trinajstić information content (AvgIpc) is 3.61. The van der Waals surface area contributed by atoms with Crippen LogP contribution in [-0.4, -0.2) is 22.7 Å². The van der Waals surface area contributed by atoms with Crippen molar-refractivity contribution in [3.63, 3.8) is 0 Å². The Morgan fingerprint density at radius 3 is 2.91 bits per heavy atom. The Kier molecular flexibility index (Phi) is 5.25. The van der Waals surface area contributed by atoms with Gasteiger partial charge in [0.1, 0.15) is 23.4 Å². The lowest BCUT2D eigenvalue weighted by Gasteiger charge is -2.18. The van der Waals surface area contributed by atoms with Crippen LogP contribution in [0.4, 0.5) is 4.39 Å². The highest BCUT2D eigenvalue weighted by molar-refractivity contribution is 5.83. The van der Waals surface area contributed by atoms with E-state index >= 15 is 4.39 Å². The molecule has 1 aliphatic heterocycles. The van der Waals surface area contributed by atoms with E-state index in [0.29, 0.717) is 36.5 Å². The van der Waals surface area contributed by atoms with Gasteiger partial charge in [-0.15, -0.1) is 0 Å². The minimum absolute atomic E-state index is 0.0202. The first-order valence-electron chi connectivity index (χ1n) is 11.5. The van der Waals surface area contributed by atoms with Crippen LogP contribution in [0.15, 0.2) is 71.7 Å². The third-order valence-electron chi connectivity index (χ3n) is 6.74. The molecule has 0 spiro atoms. The molecule has 2 unspecified atom stereocenters. The molecule has 2 aliphatic rings. The van der Waals surface area contributed by atoms with Crippen LogP contribution < -0.4 is 9.47 Å². The molecule has 176 valence electrons. The minimum Gasteiger partial charge on any atom is -0.492 e. The minimum atomic E-state index is -0.856. The number of halogens is 1. The lowest BCUT2D eigenvalue weighted by Crippen LogP contribution is -2.07. The summed E-state index contributed by atoms with van der Waals surface area (Å²) in [5.74, 6) is -0.124. The largest absolute Gasteiger partial charge is 0.492 e. The average molecular weight is 471 g/mol. The monoisotopic (exact) mass is 471 g/mol. The topological polar surface area (TPSA) is 81.8 Å². The summed E-state index contributed by atoms with van der Waals surface area (Å²) < 4.78 is 32.3.